The van der Waals surface area contributed by atoms with Gasteiger partial charge in [0.25, 0.3) is 0 Å². The number of thioether (sulfide) groups is 1. The summed E-state index contributed by atoms with van der Waals surface area (Å²) in [5, 5.41) is 17.5. The van der Waals surface area contributed by atoms with Gasteiger partial charge in [-0.2, -0.15) is 0 Å². The van der Waals surface area contributed by atoms with Gasteiger partial charge in [0.05, 0.1) is 12.3 Å². The maximum atomic E-state index is 12.5. The number of anilines is 1. The maximum absolute atomic E-state index is 12.5. The maximum Gasteiger partial charge on any atom is 0.234 e. The highest BCUT2D eigenvalue weighted by molar-refractivity contribution is 7.99. The molecule has 0 unspecified atom stereocenters. The molecule has 0 radical (unpaired) electrons. The van der Waals surface area contributed by atoms with Crippen LogP contribution in [0, 0.1) is 0 Å². The van der Waals surface area contributed by atoms with Crippen LogP contribution in [-0.4, -0.2) is 31.9 Å². The second-order valence-electron chi connectivity index (χ2n) is 5.69. The third kappa shape index (κ3) is 4.50. The lowest BCUT2D eigenvalue weighted by molar-refractivity contribution is -0.113. The molecule has 3 aromatic rings. The van der Waals surface area contributed by atoms with Crippen LogP contribution in [0.2, 0.25) is 0 Å². The molecule has 8 heteroatoms. The van der Waals surface area contributed by atoms with E-state index in [1.54, 1.807) is 16.0 Å². The van der Waals surface area contributed by atoms with Crippen LogP contribution in [-0.2, 0) is 24.2 Å². The van der Waals surface area contributed by atoms with E-state index in [4.69, 9.17) is 0 Å². The fourth-order valence-electron chi connectivity index (χ4n) is 2.66. The summed E-state index contributed by atoms with van der Waals surface area (Å²) in [7, 11) is 0. The molecule has 0 saturated heterocycles. The van der Waals surface area contributed by atoms with Crippen LogP contribution in [0.25, 0.3) is 0 Å². The molecule has 0 aliphatic rings. The Bertz CT molecular complexity index is 838. The summed E-state index contributed by atoms with van der Waals surface area (Å²) in [4.78, 5) is 13.6. The molecule has 2 aromatic heterocycles. The Kier molecular flexibility index (Phi) is 6.40. The van der Waals surface area contributed by atoms with E-state index in [1.807, 2.05) is 23.6 Å². The highest BCUT2D eigenvalue weighted by Crippen LogP contribution is 2.23. The Hall–Kier alpha value is -2.19. The summed E-state index contributed by atoms with van der Waals surface area (Å²) in [6.45, 7) is 4.81. The number of tetrazole rings is 1. The largest absolute Gasteiger partial charge is 0.325 e. The molecular formula is C18H21N5OS2. The highest BCUT2D eigenvalue weighted by atomic mass is 32.2. The summed E-state index contributed by atoms with van der Waals surface area (Å²) in [5.74, 6) is 0.225. The lowest BCUT2D eigenvalue weighted by Gasteiger charge is -2.14. The number of carbonyl (C=O) groups is 1. The molecule has 0 aliphatic heterocycles. The quantitative estimate of drug-likeness (QED) is 0.598. The molecule has 0 saturated carbocycles. The highest BCUT2D eigenvalue weighted by Gasteiger charge is 2.13. The van der Waals surface area contributed by atoms with Gasteiger partial charge in [0.1, 0.15) is 0 Å². The number of amides is 1. The van der Waals surface area contributed by atoms with Gasteiger partial charge in [0.15, 0.2) is 0 Å². The average Bonchev–Trinajstić information content (AvgIpc) is 3.32. The molecule has 6 nitrogen and oxygen atoms in total. The standard InChI is InChI=1S/C18H21N5OS2/c1-3-13-7-5-8-14(4-2)17(13)19-16(24)12-26-18-20-21-22-23(18)11-15-9-6-10-25-15/h5-10H,3-4,11-12H2,1-2H3,(H,19,24). The van der Waals surface area contributed by atoms with Gasteiger partial charge in [0.2, 0.25) is 11.1 Å². The number of para-hydroxylation sites is 1. The first kappa shape index (κ1) is 18.6. The molecule has 26 heavy (non-hydrogen) atoms. The minimum absolute atomic E-state index is 0.0451. The van der Waals surface area contributed by atoms with Crippen molar-refractivity contribution in [3.05, 3.63) is 51.7 Å². The van der Waals surface area contributed by atoms with Crippen LogP contribution in [0.1, 0.15) is 29.9 Å². The second kappa shape index (κ2) is 8.95. The first-order valence-electron chi connectivity index (χ1n) is 8.53. The molecule has 0 fully saturated rings. The van der Waals surface area contributed by atoms with E-state index in [1.165, 1.54) is 16.6 Å². The van der Waals surface area contributed by atoms with E-state index in [-0.39, 0.29) is 11.7 Å². The minimum atomic E-state index is -0.0451. The summed E-state index contributed by atoms with van der Waals surface area (Å²) in [6.07, 6.45) is 1.77. The van der Waals surface area contributed by atoms with Crippen molar-refractivity contribution in [1.82, 2.24) is 20.2 Å². The van der Waals surface area contributed by atoms with E-state index in [2.05, 4.69) is 46.8 Å². The number of hydrogen-bond acceptors (Lipinski definition) is 6. The van der Waals surface area contributed by atoms with Crippen LogP contribution in [0.4, 0.5) is 5.69 Å². The number of benzene rings is 1. The fraction of sp³-hybridized carbons (Fsp3) is 0.333. The van der Waals surface area contributed by atoms with Crippen LogP contribution in [0.5, 0.6) is 0 Å². The van der Waals surface area contributed by atoms with Crippen LogP contribution >= 0.6 is 23.1 Å². The van der Waals surface area contributed by atoms with Crippen LogP contribution < -0.4 is 5.32 Å². The summed E-state index contributed by atoms with van der Waals surface area (Å²) < 4.78 is 1.72. The summed E-state index contributed by atoms with van der Waals surface area (Å²) >= 11 is 3.01. The molecule has 136 valence electrons. The smallest absolute Gasteiger partial charge is 0.234 e. The number of carbonyl (C=O) groups excluding carboxylic acids is 1. The van der Waals surface area contributed by atoms with Gasteiger partial charge in [-0.25, -0.2) is 4.68 Å². The number of hydrogen-bond donors (Lipinski definition) is 1. The van der Waals surface area contributed by atoms with Crippen molar-refractivity contribution in [3.63, 3.8) is 0 Å². The zero-order valence-electron chi connectivity index (χ0n) is 14.8. The molecule has 2 heterocycles. The van der Waals surface area contributed by atoms with Crippen molar-refractivity contribution in [1.29, 1.82) is 0 Å². The predicted molar refractivity (Wildman–Crippen MR) is 106 cm³/mol. The van der Waals surface area contributed by atoms with E-state index in [9.17, 15) is 4.79 Å². The number of aryl methyl sites for hydroxylation is 2. The van der Waals surface area contributed by atoms with E-state index < -0.39 is 0 Å². The number of nitrogens with one attached hydrogen (secondary N) is 1. The molecule has 3 rings (SSSR count). The first-order chi connectivity index (χ1) is 12.7. The van der Waals surface area contributed by atoms with Gasteiger partial charge in [-0.15, -0.1) is 16.4 Å². The Balaban J connectivity index is 1.63. The van der Waals surface area contributed by atoms with Crippen LogP contribution in [0.3, 0.4) is 0 Å². The fourth-order valence-corrected chi connectivity index (χ4v) is 4.02. The van der Waals surface area contributed by atoms with Crippen molar-refractivity contribution in [2.45, 2.75) is 38.4 Å². The van der Waals surface area contributed by atoms with Gasteiger partial charge in [-0.1, -0.05) is 49.9 Å². The topological polar surface area (TPSA) is 72.7 Å². The van der Waals surface area contributed by atoms with Crippen molar-refractivity contribution >= 4 is 34.7 Å². The second-order valence-corrected chi connectivity index (χ2v) is 7.67. The zero-order chi connectivity index (χ0) is 18.4. The molecule has 0 spiro atoms. The number of rotatable bonds is 8. The predicted octanol–water partition coefficient (Wildman–Crippen LogP) is 3.64. The van der Waals surface area contributed by atoms with Gasteiger partial charge < -0.3 is 5.32 Å². The van der Waals surface area contributed by atoms with Gasteiger partial charge in [0, 0.05) is 10.6 Å². The first-order valence-corrected chi connectivity index (χ1v) is 10.4. The van der Waals surface area contributed by atoms with E-state index in [0.717, 1.165) is 29.7 Å². The number of nitrogens with zero attached hydrogens (tertiary/aromatic N) is 4. The monoisotopic (exact) mass is 387 g/mol. The summed E-state index contributed by atoms with van der Waals surface area (Å²) in [6, 6.07) is 10.2. The molecule has 1 amide bonds. The molecular weight excluding hydrogens is 366 g/mol. The van der Waals surface area contributed by atoms with Crippen molar-refractivity contribution in [3.8, 4) is 0 Å². The zero-order valence-corrected chi connectivity index (χ0v) is 16.4. The van der Waals surface area contributed by atoms with Gasteiger partial charge in [-0.05, 0) is 45.8 Å². The normalized spacial score (nSPS) is 10.8. The SMILES string of the molecule is CCc1cccc(CC)c1NC(=O)CSc1nnnn1Cc1cccs1. The lowest BCUT2D eigenvalue weighted by atomic mass is 10.0. The van der Waals surface area contributed by atoms with Gasteiger partial charge >= 0.3 is 0 Å². The Morgan fingerprint density at radius 3 is 2.62 bits per heavy atom. The Morgan fingerprint density at radius 2 is 1.96 bits per heavy atom. The van der Waals surface area contributed by atoms with Crippen molar-refractivity contribution in [2.24, 2.45) is 0 Å². The van der Waals surface area contributed by atoms with E-state index in [0.29, 0.717) is 11.7 Å². The lowest BCUT2D eigenvalue weighted by Crippen LogP contribution is -2.17. The summed E-state index contributed by atoms with van der Waals surface area (Å²) in [5.41, 5.74) is 3.26. The Morgan fingerprint density at radius 1 is 1.19 bits per heavy atom. The third-order valence-corrected chi connectivity index (χ3v) is 5.80. The molecule has 0 atom stereocenters. The van der Waals surface area contributed by atoms with Gasteiger partial charge in [-0.3, -0.25) is 4.79 Å². The molecule has 1 aromatic carbocycles. The molecule has 1 N–H and O–H groups in total. The molecule has 0 aliphatic carbocycles. The molecule has 0 bridgehead atoms. The van der Waals surface area contributed by atoms with Crippen molar-refractivity contribution < 1.29 is 4.79 Å². The number of thiophene rings is 1. The van der Waals surface area contributed by atoms with Crippen molar-refractivity contribution in [2.75, 3.05) is 11.1 Å². The third-order valence-electron chi connectivity index (χ3n) is 3.98. The van der Waals surface area contributed by atoms with E-state index >= 15 is 0 Å². The van der Waals surface area contributed by atoms with Crippen LogP contribution in [0.15, 0.2) is 40.9 Å². The number of aromatic nitrogens is 4. The average molecular weight is 388 g/mol. The minimum Gasteiger partial charge on any atom is -0.325 e. The Labute approximate surface area is 161 Å².